The maximum Gasteiger partial charge on any atom is 0.343 e. The lowest BCUT2D eigenvalue weighted by atomic mass is 10.2. The van der Waals surface area contributed by atoms with Gasteiger partial charge >= 0.3 is 5.97 Å². The summed E-state index contributed by atoms with van der Waals surface area (Å²) in [5.41, 5.74) is 3.16. The van der Waals surface area contributed by atoms with E-state index in [1.165, 1.54) is 18.3 Å². The van der Waals surface area contributed by atoms with Crippen LogP contribution in [0.3, 0.4) is 0 Å². The highest BCUT2D eigenvalue weighted by molar-refractivity contribution is 7.89. The number of hydrogen-bond acceptors (Lipinski definition) is 8. The molecule has 37 heavy (non-hydrogen) atoms. The summed E-state index contributed by atoms with van der Waals surface area (Å²) >= 11 is 0. The fraction of sp³-hybridized carbons (Fsp3) is 0.192. The zero-order valence-corrected chi connectivity index (χ0v) is 21.2. The fourth-order valence-electron chi connectivity index (χ4n) is 3.03. The quantitative estimate of drug-likeness (QED) is 0.161. The summed E-state index contributed by atoms with van der Waals surface area (Å²) in [6.45, 7) is 4.02. The molecule has 0 aliphatic rings. The van der Waals surface area contributed by atoms with Gasteiger partial charge in [-0.2, -0.15) is 5.10 Å². The van der Waals surface area contributed by atoms with E-state index in [1.807, 2.05) is 6.92 Å². The number of benzene rings is 3. The van der Waals surface area contributed by atoms with Gasteiger partial charge in [0.25, 0.3) is 5.91 Å². The van der Waals surface area contributed by atoms with Crippen molar-refractivity contribution in [2.75, 3.05) is 19.8 Å². The predicted molar refractivity (Wildman–Crippen MR) is 138 cm³/mol. The van der Waals surface area contributed by atoms with Crippen LogP contribution < -0.4 is 24.4 Å². The van der Waals surface area contributed by atoms with Crippen LogP contribution in [-0.4, -0.2) is 46.3 Å². The van der Waals surface area contributed by atoms with E-state index >= 15 is 0 Å². The summed E-state index contributed by atoms with van der Waals surface area (Å²) in [6.07, 6.45) is 1.35. The highest BCUT2D eigenvalue weighted by atomic mass is 32.2. The highest BCUT2D eigenvalue weighted by Gasteiger charge is 2.15. The SMILES string of the molecule is CCOc1ccc(C(=O)Oc2ccc(/C=N/NC(=O)CNS(=O)(=O)c3ccccc3)cc2OCC)cc1. The van der Waals surface area contributed by atoms with E-state index in [4.69, 9.17) is 14.2 Å². The molecule has 3 aromatic rings. The minimum atomic E-state index is -3.81. The van der Waals surface area contributed by atoms with Crippen LogP contribution in [0, 0.1) is 0 Å². The first-order chi connectivity index (χ1) is 17.8. The van der Waals surface area contributed by atoms with Crippen LogP contribution >= 0.6 is 0 Å². The third kappa shape index (κ3) is 8.16. The molecule has 194 valence electrons. The van der Waals surface area contributed by atoms with E-state index in [2.05, 4.69) is 15.2 Å². The average Bonchev–Trinajstić information content (AvgIpc) is 2.90. The van der Waals surface area contributed by atoms with Crippen LogP contribution in [0.5, 0.6) is 17.2 Å². The minimum Gasteiger partial charge on any atom is -0.494 e. The van der Waals surface area contributed by atoms with Crippen molar-refractivity contribution in [3.63, 3.8) is 0 Å². The molecule has 0 radical (unpaired) electrons. The van der Waals surface area contributed by atoms with Crippen molar-refractivity contribution in [3.05, 3.63) is 83.9 Å². The Balaban J connectivity index is 1.59. The van der Waals surface area contributed by atoms with Gasteiger partial charge in [0.05, 0.1) is 36.4 Å². The van der Waals surface area contributed by atoms with Crippen molar-refractivity contribution in [2.24, 2.45) is 5.10 Å². The first-order valence-corrected chi connectivity index (χ1v) is 12.9. The standard InChI is InChI=1S/C26H27N3O7S/c1-3-34-21-13-11-20(12-14-21)26(31)36-23-15-10-19(16-24(23)35-4-2)17-27-29-25(30)18-28-37(32,33)22-8-6-5-7-9-22/h5-17,28H,3-4,18H2,1-2H3,(H,29,30)/b27-17+. The van der Waals surface area contributed by atoms with E-state index in [1.54, 1.807) is 67.6 Å². The molecule has 0 saturated heterocycles. The van der Waals surface area contributed by atoms with Crippen LogP contribution in [0.15, 0.2) is 82.8 Å². The van der Waals surface area contributed by atoms with Crippen molar-refractivity contribution >= 4 is 28.1 Å². The van der Waals surface area contributed by atoms with Gasteiger partial charge in [-0.15, -0.1) is 0 Å². The molecule has 10 nitrogen and oxygen atoms in total. The zero-order valence-electron chi connectivity index (χ0n) is 20.3. The summed E-state index contributed by atoms with van der Waals surface area (Å²) in [6, 6.07) is 19.1. The van der Waals surface area contributed by atoms with Crippen LogP contribution in [0.4, 0.5) is 0 Å². The second-order valence-electron chi connectivity index (χ2n) is 7.42. The summed E-state index contributed by atoms with van der Waals surface area (Å²) < 4.78 is 43.0. The summed E-state index contributed by atoms with van der Waals surface area (Å²) in [7, 11) is -3.81. The van der Waals surface area contributed by atoms with E-state index in [0.717, 1.165) is 0 Å². The van der Waals surface area contributed by atoms with Crippen molar-refractivity contribution < 1.29 is 32.2 Å². The molecule has 0 fully saturated rings. The highest BCUT2D eigenvalue weighted by Crippen LogP contribution is 2.29. The number of rotatable bonds is 12. The molecular weight excluding hydrogens is 498 g/mol. The fourth-order valence-corrected chi connectivity index (χ4v) is 4.04. The number of carbonyl (C=O) groups excluding carboxylic acids is 2. The Hall–Kier alpha value is -4.22. The molecule has 3 aromatic carbocycles. The van der Waals surface area contributed by atoms with Crippen LogP contribution in [0.2, 0.25) is 0 Å². The van der Waals surface area contributed by atoms with E-state index in [-0.39, 0.29) is 10.6 Å². The maximum absolute atomic E-state index is 12.6. The molecule has 0 aliphatic heterocycles. The van der Waals surface area contributed by atoms with Gasteiger partial charge in [-0.05, 0) is 74.0 Å². The Kier molecular flexibility index (Phi) is 9.76. The molecule has 2 N–H and O–H groups in total. The second kappa shape index (κ2) is 13.2. The molecule has 0 bridgehead atoms. The van der Waals surface area contributed by atoms with E-state index < -0.39 is 28.4 Å². The predicted octanol–water partition coefficient (Wildman–Crippen LogP) is 3.13. The van der Waals surface area contributed by atoms with Crippen LogP contribution in [0.1, 0.15) is 29.8 Å². The molecule has 0 saturated carbocycles. The number of nitrogens with one attached hydrogen (secondary N) is 2. The van der Waals surface area contributed by atoms with E-state index in [9.17, 15) is 18.0 Å². The molecule has 0 unspecified atom stereocenters. The third-order valence-corrected chi connectivity index (χ3v) is 6.17. The third-order valence-electron chi connectivity index (χ3n) is 4.75. The number of esters is 1. The molecule has 0 atom stereocenters. The first kappa shape index (κ1) is 27.4. The smallest absolute Gasteiger partial charge is 0.343 e. The molecule has 1 amide bonds. The van der Waals surface area contributed by atoms with Gasteiger partial charge in [-0.25, -0.2) is 23.4 Å². The summed E-state index contributed by atoms with van der Waals surface area (Å²) in [4.78, 5) is 24.6. The minimum absolute atomic E-state index is 0.0538. The number of sulfonamides is 1. The van der Waals surface area contributed by atoms with Gasteiger partial charge in [0.1, 0.15) is 5.75 Å². The first-order valence-electron chi connectivity index (χ1n) is 11.4. The molecule has 0 aromatic heterocycles. The largest absolute Gasteiger partial charge is 0.494 e. The number of nitrogens with zero attached hydrogens (tertiary/aromatic N) is 1. The number of hydrazone groups is 1. The van der Waals surface area contributed by atoms with Crippen LogP contribution in [-0.2, 0) is 14.8 Å². The lowest BCUT2D eigenvalue weighted by Crippen LogP contribution is -2.34. The van der Waals surface area contributed by atoms with Gasteiger partial charge in [0.15, 0.2) is 11.5 Å². The van der Waals surface area contributed by atoms with Crippen molar-refractivity contribution in [3.8, 4) is 17.2 Å². The maximum atomic E-state index is 12.6. The molecule has 3 rings (SSSR count). The Morgan fingerprint density at radius 2 is 1.59 bits per heavy atom. The Bertz CT molecular complexity index is 1340. The van der Waals surface area contributed by atoms with Gasteiger partial charge in [-0.3, -0.25) is 4.79 Å². The second-order valence-corrected chi connectivity index (χ2v) is 9.18. The topological polar surface area (TPSA) is 132 Å². The number of carbonyl (C=O) groups is 2. The molecule has 0 spiro atoms. The Morgan fingerprint density at radius 3 is 2.27 bits per heavy atom. The Morgan fingerprint density at radius 1 is 0.892 bits per heavy atom. The lowest BCUT2D eigenvalue weighted by Gasteiger charge is -2.11. The normalized spacial score (nSPS) is 11.2. The van der Waals surface area contributed by atoms with Crippen LogP contribution in [0.25, 0.3) is 0 Å². The number of hydrogen-bond donors (Lipinski definition) is 2. The molecule has 0 aliphatic carbocycles. The zero-order chi connectivity index (χ0) is 26.7. The number of amides is 1. The lowest BCUT2D eigenvalue weighted by molar-refractivity contribution is -0.119. The van der Waals surface area contributed by atoms with Gasteiger partial charge in [0, 0.05) is 0 Å². The summed E-state index contributed by atoms with van der Waals surface area (Å²) in [5, 5.41) is 3.84. The molecule has 0 heterocycles. The van der Waals surface area contributed by atoms with Gasteiger partial charge in [-0.1, -0.05) is 18.2 Å². The molecular formula is C26H27N3O7S. The monoisotopic (exact) mass is 525 g/mol. The molecule has 11 heteroatoms. The summed E-state index contributed by atoms with van der Waals surface area (Å²) in [5.74, 6) is -0.0272. The van der Waals surface area contributed by atoms with Crippen molar-refractivity contribution in [1.29, 1.82) is 0 Å². The van der Waals surface area contributed by atoms with Crippen molar-refractivity contribution in [2.45, 2.75) is 18.7 Å². The number of ether oxygens (including phenoxy) is 3. The Labute approximate surface area is 215 Å². The van der Waals surface area contributed by atoms with Gasteiger partial charge in [0.2, 0.25) is 10.0 Å². The van der Waals surface area contributed by atoms with Crippen molar-refractivity contribution in [1.82, 2.24) is 10.1 Å². The average molecular weight is 526 g/mol. The van der Waals surface area contributed by atoms with Gasteiger partial charge < -0.3 is 14.2 Å². The van der Waals surface area contributed by atoms with E-state index in [0.29, 0.717) is 35.8 Å².